The summed E-state index contributed by atoms with van der Waals surface area (Å²) in [5, 5.41) is 1.58. The van der Waals surface area contributed by atoms with E-state index in [4.69, 9.17) is 27.9 Å². The van der Waals surface area contributed by atoms with Gasteiger partial charge in [-0.25, -0.2) is 4.79 Å². The standard InChI is InChI=1S/C25H22Cl2N2O4S/c1-4-33-24(31)15(3)29-23(30)22(34-25(29)32)12-19-14(2)28(21-8-6-5-7-18(19)21)13-16-9-10-17(26)11-20(16)27/h5-12,15H,4,13H2,1-3H3/b22-12+/t15-/m0/s1. The van der Waals surface area contributed by atoms with E-state index in [9.17, 15) is 14.4 Å². The molecule has 0 N–H and O–H groups in total. The summed E-state index contributed by atoms with van der Waals surface area (Å²) in [6.45, 7) is 5.81. The van der Waals surface area contributed by atoms with E-state index in [1.165, 1.54) is 6.92 Å². The number of aromatic nitrogens is 1. The first-order chi connectivity index (χ1) is 16.2. The number of benzene rings is 2. The lowest BCUT2D eigenvalue weighted by Gasteiger charge is -2.19. The van der Waals surface area contributed by atoms with Crippen LogP contribution in [0.3, 0.4) is 0 Å². The fourth-order valence-corrected chi connectivity index (χ4v) is 5.34. The Bertz CT molecular complexity index is 1350. The van der Waals surface area contributed by atoms with E-state index in [-0.39, 0.29) is 11.5 Å². The first-order valence-electron chi connectivity index (χ1n) is 10.7. The first-order valence-corrected chi connectivity index (χ1v) is 12.3. The Morgan fingerprint density at radius 2 is 1.91 bits per heavy atom. The number of rotatable bonds is 6. The molecular formula is C25H22Cl2N2O4S. The molecule has 2 aromatic carbocycles. The summed E-state index contributed by atoms with van der Waals surface area (Å²) in [5.74, 6) is -1.12. The van der Waals surface area contributed by atoms with Crippen molar-refractivity contribution in [3.63, 3.8) is 0 Å². The molecule has 176 valence electrons. The lowest BCUT2D eigenvalue weighted by atomic mass is 10.1. The molecule has 0 unspecified atom stereocenters. The highest BCUT2D eigenvalue weighted by Crippen LogP contribution is 2.37. The van der Waals surface area contributed by atoms with Gasteiger partial charge < -0.3 is 9.30 Å². The van der Waals surface area contributed by atoms with Crippen molar-refractivity contribution in [3.8, 4) is 0 Å². The van der Waals surface area contributed by atoms with Crippen molar-refractivity contribution in [1.29, 1.82) is 0 Å². The summed E-state index contributed by atoms with van der Waals surface area (Å²) in [7, 11) is 0. The van der Waals surface area contributed by atoms with Gasteiger partial charge in [-0.3, -0.25) is 14.5 Å². The number of fused-ring (bicyclic) bond motifs is 1. The number of thioether (sulfide) groups is 1. The third-order valence-electron chi connectivity index (χ3n) is 5.74. The van der Waals surface area contributed by atoms with E-state index in [0.717, 1.165) is 44.4 Å². The fraction of sp³-hybridized carbons (Fsp3) is 0.240. The maximum absolute atomic E-state index is 13.1. The quantitative estimate of drug-likeness (QED) is 0.284. The van der Waals surface area contributed by atoms with Crippen LogP contribution in [0.15, 0.2) is 47.4 Å². The van der Waals surface area contributed by atoms with Gasteiger partial charge in [-0.2, -0.15) is 0 Å². The van der Waals surface area contributed by atoms with Crippen LogP contribution in [0, 0.1) is 6.92 Å². The minimum Gasteiger partial charge on any atom is -0.464 e. The van der Waals surface area contributed by atoms with Crippen LogP contribution >= 0.6 is 35.0 Å². The van der Waals surface area contributed by atoms with Crippen molar-refractivity contribution < 1.29 is 19.1 Å². The topological polar surface area (TPSA) is 68.6 Å². The van der Waals surface area contributed by atoms with Crippen molar-refractivity contribution in [2.75, 3.05) is 6.61 Å². The summed E-state index contributed by atoms with van der Waals surface area (Å²) < 4.78 is 7.10. The summed E-state index contributed by atoms with van der Waals surface area (Å²) in [5.41, 5.74) is 3.62. The number of hydrogen-bond donors (Lipinski definition) is 0. The fourth-order valence-electron chi connectivity index (χ4n) is 3.98. The number of hydrogen-bond acceptors (Lipinski definition) is 5. The highest BCUT2D eigenvalue weighted by molar-refractivity contribution is 8.18. The Kier molecular flexibility index (Phi) is 7.07. The van der Waals surface area contributed by atoms with Crippen LogP contribution in [0.1, 0.15) is 30.7 Å². The van der Waals surface area contributed by atoms with Crippen molar-refractivity contribution in [2.24, 2.45) is 0 Å². The average Bonchev–Trinajstić information content (AvgIpc) is 3.23. The van der Waals surface area contributed by atoms with E-state index in [1.807, 2.05) is 37.3 Å². The highest BCUT2D eigenvalue weighted by atomic mass is 35.5. The van der Waals surface area contributed by atoms with Crippen LogP contribution in [-0.2, 0) is 20.9 Å². The zero-order valence-electron chi connectivity index (χ0n) is 18.8. The predicted octanol–water partition coefficient (Wildman–Crippen LogP) is 6.29. The van der Waals surface area contributed by atoms with Gasteiger partial charge in [0.15, 0.2) is 0 Å². The molecule has 1 aromatic heterocycles. The first kappa shape index (κ1) is 24.4. The van der Waals surface area contributed by atoms with Crippen LogP contribution in [0.4, 0.5) is 4.79 Å². The van der Waals surface area contributed by atoms with Gasteiger partial charge in [-0.15, -0.1) is 0 Å². The molecule has 6 nitrogen and oxygen atoms in total. The molecule has 1 atom stereocenters. The predicted molar refractivity (Wildman–Crippen MR) is 136 cm³/mol. The zero-order chi connectivity index (χ0) is 24.6. The SMILES string of the molecule is CCOC(=O)[C@H](C)N1C(=O)S/C(=C/c2c(C)n(Cc3ccc(Cl)cc3Cl)c3ccccc23)C1=O. The molecule has 1 aliphatic rings. The molecule has 0 spiro atoms. The number of carbonyl (C=O) groups excluding carboxylic acids is 3. The molecular weight excluding hydrogens is 495 g/mol. The van der Waals surface area contributed by atoms with Crippen LogP contribution in [0.25, 0.3) is 17.0 Å². The van der Waals surface area contributed by atoms with Gasteiger partial charge in [-0.05, 0) is 62.4 Å². The Morgan fingerprint density at radius 1 is 1.18 bits per heavy atom. The Labute approximate surface area is 211 Å². The number of amides is 2. The summed E-state index contributed by atoms with van der Waals surface area (Å²) in [6.07, 6.45) is 1.72. The molecule has 1 aliphatic heterocycles. The van der Waals surface area contributed by atoms with Crippen LogP contribution in [0.2, 0.25) is 10.0 Å². The van der Waals surface area contributed by atoms with Crippen molar-refractivity contribution in [3.05, 3.63) is 74.2 Å². The largest absolute Gasteiger partial charge is 0.464 e. The third kappa shape index (κ3) is 4.48. The minimum absolute atomic E-state index is 0.172. The molecule has 3 aromatic rings. The lowest BCUT2D eigenvalue weighted by molar-refractivity contribution is -0.150. The number of nitrogens with zero attached hydrogens (tertiary/aromatic N) is 2. The molecule has 0 saturated carbocycles. The molecule has 2 amide bonds. The van der Waals surface area contributed by atoms with Gasteiger partial charge in [-0.1, -0.05) is 47.5 Å². The molecule has 34 heavy (non-hydrogen) atoms. The van der Waals surface area contributed by atoms with Crippen molar-refractivity contribution in [2.45, 2.75) is 33.4 Å². The average molecular weight is 517 g/mol. The molecule has 9 heteroatoms. The number of esters is 1. The second-order valence-electron chi connectivity index (χ2n) is 7.82. The minimum atomic E-state index is -0.993. The number of imide groups is 1. The van der Waals surface area contributed by atoms with Crippen LogP contribution in [-0.4, -0.2) is 39.2 Å². The molecule has 1 fully saturated rings. The maximum atomic E-state index is 13.1. The third-order valence-corrected chi connectivity index (χ3v) is 7.21. The number of ether oxygens (including phenoxy) is 1. The molecule has 2 heterocycles. The lowest BCUT2D eigenvalue weighted by Crippen LogP contribution is -2.42. The van der Waals surface area contributed by atoms with E-state index in [0.29, 0.717) is 16.6 Å². The second-order valence-corrected chi connectivity index (χ2v) is 9.65. The number of carbonyl (C=O) groups is 3. The summed E-state index contributed by atoms with van der Waals surface area (Å²) >= 11 is 13.3. The monoisotopic (exact) mass is 516 g/mol. The molecule has 4 rings (SSSR count). The molecule has 1 saturated heterocycles. The van der Waals surface area contributed by atoms with Crippen molar-refractivity contribution >= 4 is 69.1 Å². The van der Waals surface area contributed by atoms with E-state index in [1.54, 1.807) is 25.1 Å². The van der Waals surface area contributed by atoms with E-state index in [2.05, 4.69) is 4.57 Å². The van der Waals surface area contributed by atoms with Gasteiger partial charge in [0.25, 0.3) is 11.1 Å². The van der Waals surface area contributed by atoms with Crippen LogP contribution < -0.4 is 0 Å². The van der Waals surface area contributed by atoms with E-state index < -0.39 is 23.2 Å². The second kappa shape index (κ2) is 9.86. The molecule has 0 bridgehead atoms. The molecule has 0 radical (unpaired) electrons. The van der Waals surface area contributed by atoms with Gasteiger partial charge in [0.1, 0.15) is 6.04 Å². The normalized spacial score (nSPS) is 16.0. The van der Waals surface area contributed by atoms with Gasteiger partial charge in [0.2, 0.25) is 0 Å². The molecule has 0 aliphatic carbocycles. The van der Waals surface area contributed by atoms with Gasteiger partial charge >= 0.3 is 5.97 Å². The van der Waals surface area contributed by atoms with Crippen LogP contribution in [0.5, 0.6) is 0 Å². The zero-order valence-corrected chi connectivity index (χ0v) is 21.1. The summed E-state index contributed by atoms with van der Waals surface area (Å²) in [6, 6.07) is 12.2. The number of halogens is 2. The highest BCUT2D eigenvalue weighted by Gasteiger charge is 2.41. The van der Waals surface area contributed by atoms with Gasteiger partial charge in [0.05, 0.1) is 11.5 Å². The summed E-state index contributed by atoms with van der Waals surface area (Å²) in [4.78, 5) is 39.0. The number of para-hydroxylation sites is 1. The van der Waals surface area contributed by atoms with Crippen molar-refractivity contribution in [1.82, 2.24) is 9.47 Å². The Balaban J connectivity index is 1.74. The Hall–Kier alpha value is -2.74. The maximum Gasteiger partial charge on any atom is 0.329 e. The van der Waals surface area contributed by atoms with E-state index >= 15 is 0 Å². The Morgan fingerprint density at radius 3 is 2.62 bits per heavy atom. The smallest absolute Gasteiger partial charge is 0.329 e. The van der Waals surface area contributed by atoms with Gasteiger partial charge in [0, 0.05) is 38.8 Å².